The van der Waals surface area contributed by atoms with Crippen molar-refractivity contribution in [3.8, 4) is 34.3 Å². The van der Waals surface area contributed by atoms with E-state index >= 15 is 0 Å². The van der Waals surface area contributed by atoms with Crippen LogP contribution in [0.4, 0.5) is 18.9 Å². The molecule has 0 amide bonds. The molecule has 2 heterocycles. The smallest absolute Gasteiger partial charge is 0.478 e. The minimum atomic E-state index is -4.85. The van der Waals surface area contributed by atoms with Crippen LogP contribution in [0.2, 0.25) is 0 Å². The van der Waals surface area contributed by atoms with E-state index in [1.165, 1.54) is 0 Å². The number of aromatic nitrogens is 4. The molecule has 29 heavy (non-hydrogen) atoms. The number of nitro benzene ring substituents is 1. The summed E-state index contributed by atoms with van der Waals surface area (Å²) in [5, 5.41) is 42.2. The zero-order valence-electron chi connectivity index (χ0n) is 14.4. The summed E-state index contributed by atoms with van der Waals surface area (Å²) >= 11 is 0. The molecule has 3 aromatic rings. The molecule has 2 N–H and O–H groups in total. The van der Waals surface area contributed by atoms with Crippen LogP contribution in [0.15, 0.2) is 30.6 Å². The van der Waals surface area contributed by atoms with Crippen molar-refractivity contribution in [2.24, 2.45) is 0 Å². The number of rotatable bonds is 3. The number of nitro groups is 1. The Hall–Kier alpha value is -4.03. The standard InChI is InChI=1S/C16H10F3N5O5/c1-7-9(2-3-12(23(7)27)16(17,18)19)15-21-6-20-14(22-15)8-4-10(24(28)29)13(26)11(25)5-8/h2-6,25-26H,1H3. The molecule has 0 aliphatic heterocycles. The Morgan fingerprint density at radius 1 is 1.14 bits per heavy atom. The maximum absolute atomic E-state index is 12.9. The molecule has 2 aromatic heterocycles. The van der Waals surface area contributed by atoms with Gasteiger partial charge in [0.25, 0.3) is 5.69 Å². The number of halogens is 3. The molecule has 1 aromatic carbocycles. The van der Waals surface area contributed by atoms with Gasteiger partial charge < -0.3 is 15.4 Å². The van der Waals surface area contributed by atoms with E-state index in [1.54, 1.807) is 0 Å². The lowest BCUT2D eigenvalue weighted by Gasteiger charge is -2.12. The summed E-state index contributed by atoms with van der Waals surface area (Å²) in [5.41, 5.74) is -2.61. The molecular formula is C16H10F3N5O5. The Kier molecular flexibility index (Phi) is 4.66. The Morgan fingerprint density at radius 2 is 1.79 bits per heavy atom. The minimum absolute atomic E-state index is 0.0193. The van der Waals surface area contributed by atoms with Crippen LogP contribution in [0.25, 0.3) is 22.8 Å². The van der Waals surface area contributed by atoms with Crippen LogP contribution in [-0.4, -0.2) is 30.1 Å². The van der Waals surface area contributed by atoms with Crippen LogP contribution in [0.1, 0.15) is 11.4 Å². The van der Waals surface area contributed by atoms with Crippen molar-refractivity contribution in [3.05, 3.63) is 57.3 Å². The van der Waals surface area contributed by atoms with Gasteiger partial charge in [-0.15, -0.1) is 0 Å². The molecule has 0 aliphatic rings. The summed E-state index contributed by atoms with van der Waals surface area (Å²) < 4.78 is 38.3. The first-order valence-electron chi connectivity index (χ1n) is 7.71. The van der Waals surface area contributed by atoms with Crippen LogP contribution in [-0.2, 0) is 6.18 Å². The Balaban J connectivity index is 2.13. The number of benzene rings is 1. The van der Waals surface area contributed by atoms with Crippen molar-refractivity contribution in [3.63, 3.8) is 0 Å². The van der Waals surface area contributed by atoms with Crippen LogP contribution >= 0.6 is 0 Å². The van der Waals surface area contributed by atoms with E-state index in [1.807, 2.05) is 0 Å². The van der Waals surface area contributed by atoms with Crippen molar-refractivity contribution in [2.75, 3.05) is 0 Å². The average molecular weight is 409 g/mol. The van der Waals surface area contributed by atoms with Gasteiger partial charge in [-0.3, -0.25) is 10.1 Å². The summed E-state index contributed by atoms with van der Waals surface area (Å²) in [5.74, 6) is -2.08. The van der Waals surface area contributed by atoms with Crippen LogP contribution < -0.4 is 4.73 Å². The van der Waals surface area contributed by atoms with Crippen LogP contribution in [0.5, 0.6) is 11.5 Å². The second-order valence-corrected chi connectivity index (χ2v) is 5.76. The number of alkyl halides is 3. The maximum Gasteiger partial charge on any atom is 0.478 e. The molecule has 0 saturated carbocycles. The molecule has 0 saturated heterocycles. The van der Waals surface area contributed by atoms with Gasteiger partial charge in [0.1, 0.15) is 6.33 Å². The highest BCUT2D eigenvalue weighted by Crippen LogP contribution is 2.38. The first kappa shape index (κ1) is 19.7. The lowest BCUT2D eigenvalue weighted by molar-refractivity contribution is -0.635. The van der Waals surface area contributed by atoms with Crippen molar-refractivity contribution >= 4 is 5.69 Å². The summed E-state index contributed by atoms with van der Waals surface area (Å²) in [6, 6.07) is 3.47. The highest BCUT2D eigenvalue weighted by Gasteiger charge is 2.40. The fourth-order valence-corrected chi connectivity index (χ4v) is 2.52. The molecule has 0 spiro atoms. The summed E-state index contributed by atoms with van der Waals surface area (Å²) in [4.78, 5) is 21.7. The highest BCUT2D eigenvalue weighted by atomic mass is 19.4. The fraction of sp³-hybridized carbons (Fsp3) is 0.125. The van der Waals surface area contributed by atoms with Crippen molar-refractivity contribution in [2.45, 2.75) is 13.1 Å². The molecule has 0 bridgehead atoms. The highest BCUT2D eigenvalue weighted by molar-refractivity contribution is 5.69. The minimum Gasteiger partial charge on any atom is -0.618 e. The normalized spacial score (nSPS) is 11.4. The molecule has 0 aliphatic carbocycles. The third-order valence-corrected chi connectivity index (χ3v) is 3.95. The van der Waals surface area contributed by atoms with Crippen molar-refractivity contribution in [1.82, 2.24) is 15.0 Å². The van der Waals surface area contributed by atoms with Gasteiger partial charge in [0.15, 0.2) is 17.4 Å². The molecule has 150 valence electrons. The first-order valence-corrected chi connectivity index (χ1v) is 7.71. The molecule has 0 fully saturated rings. The molecule has 13 heteroatoms. The topological polar surface area (TPSA) is 149 Å². The number of hydrogen-bond donors (Lipinski definition) is 2. The lowest BCUT2D eigenvalue weighted by Crippen LogP contribution is -2.40. The molecule has 0 atom stereocenters. The van der Waals surface area contributed by atoms with Gasteiger partial charge in [-0.2, -0.15) is 17.9 Å². The zero-order chi connectivity index (χ0) is 21.5. The summed E-state index contributed by atoms with van der Waals surface area (Å²) in [7, 11) is 0. The number of pyridine rings is 1. The maximum atomic E-state index is 12.9. The van der Waals surface area contributed by atoms with Gasteiger partial charge in [0.2, 0.25) is 11.4 Å². The zero-order valence-corrected chi connectivity index (χ0v) is 14.4. The second kappa shape index (κ2) is 6.85. The van der Waals surface area contributed by atoms with Crippen molar-refractivity contribution in [1.29, 1.82) is 0 Å². The van der Waals surface area contributed by atoms with E-state index in [-0.39, 0.29) is 33.2 Å². The number of phenolic OH excluding ortho intramolecular Hbond substituents is 2. The summed E-state index contributed by atoms with van der Waals surface area (Å²) in [6.45, 7) is 1.15. The predicted octanol–water partition coefficient (Wildman–Crippen LogP) is 2.49. The van der Waals surface area contributed by atoms with Crippen LogP contribution in [0.3, 0.4) is 0 Å². The van der Waals surface area contributed by atoms with Gasteiger partial charge in [-0.1, -0.05) is 0 Å². The van der Waals surface area contributed by atoms with Crippen LogP contribution in [0, 0.1) is 22.2 Å². The van der Waals surface area contributed by atoms with E-state index in [0.29, 0.717) is 6.07 Å². The molecule has 3 rings (SSSR count). The number of nitrogens with zero attached hydrogens (tertiary/aromatic N) is 5. The molecule has 0 radical (unpaired) electrons. The van der Waals surface area contributed by atoms with E-state index < -0.39 is 34.0 Å². The second-order valence-electron chi connectivity index (χ2n) is 5.76. The molecule has 0 unspecified atom stereocenters. The van der Waals surface area contributed by atoms with E-state index in [9.17, 15) is 38.7 Å². The van der Waals surface area contributed by atoms with Gasteiger partial charge in [0, 0.05) is 24.6 Å². The monoisotopic (exact) mass is 409 g/mol. The SMILES string of the molecule is Cc1c(-c2ncnc(-c3cc(O)c(O)c([N+](=O)[O-])c3)n2)ccc(C(F)(F)F)[n+]1[O-]. The summed E-state index contributed by atoms with van der Waals surface area (Å²) in [6.07, 6.45) is -3.86. The van der Waals surface area contributed by atoms with E-state index in [0.717, 1.165) is 31.5 Å². The largest absolute Gasteiger partial charge is 0.618 e. The fourth-order valence-electron chi connectivity index (χ4n) is 2.52. The van der Waals surface area contributed by atoms with Gasteiger partial charge >= 0.3 is 11.9 Å². The average Bonchev–Trinajstić information content (AvgIpc) is 2.64. The van der Waals surface area contributed by atoms with Gasteiger partial charge in [-0.05, 0) is 12.1 Å². The van der Waals surface area contributed by atoms with E-state index in [4.69, 9.17) is 0 Å². The molecule has 10 nitrogen and oxygen atoms in total. The third-order valence-electron chi connectivity index (χ3n) is 3.95. The molecular weight excluding hydrogens is 399 g/mol. The Bertz CT molecular complexity index is 1140. The predicted molar refractivity (Wildman–Crippen MR) is 89.4 cm³/mol. The quantitative estimate of drug-likeness (QED) is 0.220. The third kappa shape index (κ3) is 3.56. The van der Waals surface area contributed by atoms with Crippen molar-refractivity contribution < 1.29 is 33.0 Å². The number of hydrogen-bond acceptors (Lipinski definition) is 8. The first-order chi connectivity index (χ1) is 13.5. The van der Waals surface area contributed by atoms with E-state index in [2.05, 4.69) is 15.0 Å². The number of phenols is 2. The Labute approximate surface area is 159 Å². The van der Waals surface area contributed by atoms with Gasteiger partial charge in [-0.25, -0.2) is 15.0 Å². The lowest BCUT2D eigenvalue weighted by atomic mass is 10.1. The number of aromatic hydroxyl groups is 2. The Morgan fingerprint density at radius 3 is 2.41 bits per heavy atom. The van der Waals surface area contributed by atoms with Gasteiger partial charge in [0.05, 0.1) is 10.5 Å².